The quantitative estimate of drug-likeness (QED) is 0.205. The SMILES string of the molecule is CCC(N(NC(=O)c1ccc(B2OC(C)(C)C(C)(C)O2)c(C(Br)Br)c1)C(=O)c1cc(C)cc(C)c1)C(C)(C)C. The normalized spacial score (nSPS) is 17.3. The van der Waals surface area contributed by atoms with Gasteiger partial charge in [-0.2, -0.15) is 0 Å². The number of rotatable bonds is 6. The Bertz CT molecular complexity index is 1200. The Hall–Kier alpha value is -1.68. The van der Waals surface area contributed by atoms with E-state index in [-0.39, 0.29) is 27.0 Å². The number of benzene rings is 2. The van der Waals surface area contributed by atoms with Crippen LogP contribution in [0.3, 0.4) is 0 Å². The van der Waals surface area contributed by atoms with Crippen molar-refractivity contribution in [3.63, 3.8) is 0 Å². The number of aryl methyl sites for hydroxylation is 2. The minimum absolute atomic E-state index is 0.224. The number of alkyl halides is 2. The number of carbonyl (C=O) groups excluding carboxylic acids is 2. The number of nitrogens with one attached hydrogen (secondary N) is 1. The van der Waals surface area contributed by atoms with E-state index in [1.54, 1.807) is 12.1 Å². The van der Waals surface area contributed by atoms with Crippen molar-refractivity contribution >= 4 is 56.3 Å². The molecule has 0 saturated carbocycles. The van der Waals surface area contributed by atoms with E-state index in [2.05, 4.69) is 58.1 Å². The molecule has 0 spiro atoms. The van der Waals surface area contributed by atoms with Crippen LogP contribution in [-0.4, -0.2) is 41.2 Å². The van der Waals surface area contributed by atoms with Crippen molar-refractivity contribution in [1.29, 1.82) is 0 Å². The second kappa shape index (κ2) is 11.7. The second-order valence-corrected chi connectivity index (χ2v) is 15.6. The molecule has 1 saturated heterocycles. The van der Waals surface area contributed by atoms with Crippen molar-refractivity contribution in [2.75, 3.05) is 0 Å². The molecule has 2 amide bonds. The molecule has 1 aliphatic heterocycles. The smallest absolute Gasteiger partial charge is 0.399 e. The lowest BCUT2D eigenvalue weighted by molar-refractivity contribution is 0.00578. The van der Waals surface area contributed by atoms with E-state index in [0.29, 0.717) is 17.5 Å². The molecule has 1 atom stereocenters. The molecule has 212 valence electrons. The molecule has 0 bridgehead atoms. The third kappa shape index (κ3) is 6.98. The van der Waals surface area contributed by atoms with Crippen LogP contribution in [0.15, 0.2) is 36.4 Å². The number of amides is 2. The molecule has 0 aliphatic carbocycles. The summed E-state index contributed by atoms with van der Waals surface area (Å²) in [4.78, 5) is 27.5. The van der Waals surface area contributed by atoms with Gasteiger partial charge < -0.3 is 9.31 Å². The van der Waals surface area contributed by atoms with Gasteiger partial charge in [-0.05, 0) is 88.7 Å². The molecule has 9 heteroatoms. The lowest BCUT2D eigenvalue weighted by Crippen LogP contribution is -2.56. The number of hydrogen-bond acceptors (Lipinski definition) is 4. The van der Waals surface area contributed by atoms with Gasteiger partial charge in [0, 0.05) is 11.1 Å². The molecular weight excluding hydrogens is 623 g/mol. The number of nitrogens with zero attached hydrogens (tertiary/aromatic N) is 1. The summed E-state index contributed by atoms with van der Waals surface area (Å²) in [6.07, 6.45) is 0.678. The van der Waals surface area contributed by atoms with Crippen LogP contribution in [0.2, 0.25) is 0 Å². The summed E-state index contributed by atoms with van der Waals surface area (Å²) in [5.41, 5.74) is 6.33. The monoisotopic (exact) mass is 662 g/mol. The molecule has 3 rings (SSSR count). The minimum Gasteiger partial charge on any atom is -0.399 e. The van der Waals surface area contributed by atoms with Gasteiger partial charge in [-0.1, -0.05) is 82.8 Å². The topological polar surface area (TPSA) is 67.9 Å². The van der Waals surface area contributed by atoms with Gasteiger partial charge in [-0.3, -0.25) is 15.0 Å². The summed E-state index contributed by atoms with van der Waals surface area (Å²) >= 11 is 7.22. The van der Waals surface area contributed by atoms with Crippen LogP contribution in [0, 0.1) is 19.3 Å². The van der Waals surface area contributed by atoms with Gasteiger partial charge in [-0.25, -0.2) is 5.01 Å². The molecule has 2 aromatic rings. The van der Waals surface area contributed by atoms with Gasteiger partial charge in [0.1, 0.15) is 0 Å². The Morgan fingerprint density at radius 2 is 1.49 bits per heavy atom. The summed E-state index contributed by atoms with van der Waals surface area (Å²) in [6, 6.07) is 10.9. The van der Waals surface area contributed by atoms with Gasteiger partial charge >= 0.3 is 7.12 Å². The highest BCUT2D eigenvalue weighted by atomic mass is 79.9. The van der Waals surface area contributed by atoms with E-state index in [4.69, 9.17) is 9.31 Å². The van der Waals surface area contributed by atoms with Crippen molar-refractivity contribution in [3.8, 4) is 0 Å². The van der Waals surface area contributed by atoms with Crippen LogP contribution in [0.1, 0.15) is 103 Å². The van der Waals surface area contributed by atoms with E-state index in [9.17, 15) is 9.59 Å². The van der Waals surface area contributed by atoms with Gasteiger partial charge in [0.05, 0.1) is 21.0 Å². The predicted molar refractivity (Wildman–Crippen MR) is 166 cm³/mol. The van der Waals surface area contributed by atoms with Crippen LogP contribution in [-0.2, 0) is 9.31 Å². The van der Waals surface area contributed by atoms with E-state index in [0.717, 1.165) is 22.2 Å². The van der Waals surface area contributed by atoms with Gasteiger partial charge in [0.15, 0.2) is 0 Å². The van der Waals surface area contributed by atoms with Crippen molar-refractivity contribution < 1.29 is 18.9 Å². The number of hydrazine groups is 1. The van der Waals surface area contributed by atoms with E-state index in [1.165, 1.54) is 5.01 Å². The predicted octanol–water partition coefficient (Wildman–Crippen LogP) is 7.00. The van der Waals surface area contributed by atoms with Crippen molar-refractivity contribution in [2.24, 2.45) is 5.41 Å². The molecule has 1 aliphatic rings. The fraction of sp³-hybridized carbons (Fsp3) is 0.533. The van der Waals surface area contributed by atoms with Crippen molar-refractivity contribution in [1.82, 2.24) is 10.4 Å². The summed E-state index contributed by atoms with van der Waals surface area (Å²) in [6.45, 7) is 20.2. The third-order valence-corrected chi connectivity index (χ3v) is 8.69. The molecule has 0 aromatic heterocycles. The average molecular weight is 664 g/mol. The Kier molecular flexibility index (Phi) is 9.53. The summed E-state index contributed by atoms with van der Waals surface area (Å²) in [7, 11) is -0.576. The summed E-state index contributed by atoms with van der Waals surface area (Å²) in [5.74, 6) is -0.595. The maximum Gasteiger partial charge on any atom is 0.495 e. The standard InChI is InChI=1S/C30H41BBr2N2O4/c1-11-24(28(4,5)6)35(27(37)21-15-18(2)14-19(3)16-21)34-26(36)20-12-13-23(22(17-20)25(32)33)31-38-29(7,8)30(9,10)39-31/h12-17,24-25H,11H2,1-10H3,(H,34,36). The highest BCUT2D eigenvalue weighted by Crippen LogP contribution is 2.38. The van der Waals surface area contributed by atoms with Gasteiger partial charge in [-0.15, -0.1) is 0 Å². The largest absolute Gasteiger partial charge is 0.495 e. The van der Waals surface area contributed by atoms with Gasteiger partial charge in [0.25, 0.3) is 11.8 Å². The second-order valence-electron chi connectivity index (χ2n) is 12.5. The van der Waals surface area contributed by atoms with E-state index < -0.39 is 18.3 Å². The fourth-order valence-electron chi connectivity index (χ4n) is 4.95. The number of halogens is 2. The number of hydrogen-bond donors (Lipinski definition) is 1. The zero-order chi connectivity index (χ0) is 29.5. The molecule has 1 fully saturated rings. The van der Waals surface area contributed by atoms with Crippen molar-refractivity contribution in [3.05, 3.63) is 64.2 Å². The average Bonchev–Trinajstić information content (AvgIpc) is 3.02. The molecule has 39 heavy (non-hydrogen) atoms. The molecule has 1 heterocycles. The lowest BCUT2D eigenvalue weighted by Gasteiger charge is -2.39. The van der Waals surface area contributed by atoms with E-state index >= 15 is 0 Å². The highest BCUT2D eigenvalue weighted by Gasteiger charge is 2.52. The highest BCUT2D eigenvalue weighted by molar-refractivity contribution is 9.24. The van der Waals surface area contributed by atoms with Gasteiger partial charge in [0.2, 0.25) is 0 Å². The van der Waals surface area contributed by atoms with Crippen LogP contribution in [0.4, 0.5) is 0 Å². The Morgan fingerprint density at radius 3 is 1.95 bits per heavy atom. The molecule has 6 nitrogen and oxygen atoms in total. The first-order valence-corrected chi connectivity index (χ1v) is 15.2. The Morgan fingerprint density at radius 1 is 0.949 bits per heavy atom. The number of carbonyl (C=O) groups is 2. The molecule has 0 radical (unpaired) electrons. The maximum absolute atomic E-state index is 13.9. The first kappa shape index (κ1) is 31.8. The Labute approximate surface area is 251 Å². The molecule has 1 N–H and O–H groups in total. The Balaban J connectivity index is 1.98. The summed E-state index contributed by atoms with van der Waals surface area (Å²) in [5, 5.41) is 1.51. The lowest BCUT2D eigenvalue weighted by atomic mass is 9.76. The molecular formula is C30H41BBr2N2O4. The maximum atomic E-state index is 13.9. The molecule has 2 aromatic carbocycles. The van der Waals surface area contributed by atoms with E-state index in [1.807, 2.05) is 72.7 Å². The first-order valence-electron chi connectivity index (χ1n) is 13.4. The zero-order valence-electron chi connectivity index (χ0n) is 24.7. The van der Waals surface area contributed by atoms with Crippen molar-refractivity contribution in [2.45, 2.75) is 96.6 Å². The minimum atomic E-state index is -0.576. The first-order chi connectivity index (χ1) is 17.9. The zero-order valence-corrected chi connectivity index (χ0v) is 27.9. The van der Waals surface area contributed by atoms with Crippen LogP contribution in [0.5, 0.6) is 0 Å². The van der Waals surface area contributed by atoms with Crippen LogP contribution in [0.25, 0.3) is 0 Å². The molecule has 1 unspecified atom stereocenters. The summed E-state index contributed by atoms with van der Waals surface area (Å²) < 4.78 is 12.3. The van der Waals surface area contributed by atoms with Crippen LogP contribution >= 0.6 is 31.9 Å². The van der Waals surface area contributed by atoms with Crippen LogP contribution < -0.4 is 10.9 Å². The fourth-order valence-corrected chi connectivity index (χ4v) is 5.75. The third-order valence-electron chi connectivity index (χ3n) is 7.70.